The van der Waals surface area contributed by atoms with Crippen LogP contribution in [0.3, 0.4) is 0 Å². The molecular weight excluding hydrogens is 104 g/mol. The second-order valence-corrected chi connectivity index (χ2v) is 0.447. The Morgan fingerprint density at radius 1 is 1.00 bits per heavy atom. The highest BCUT2D eigenvalue weighted by Crippen LogP contribution is 1.39. The average molecular weight is 116 g/mol. The minimum atomic E-state index is -0.125. The molecule has 0 unspecified atom stereocenters. The van der Waals surface area contributed by atoms with Crippen molar-refractivity contribution in [2.24, 2.45) is 0 Å². The lowest BCUT2D eigenvalue weighted by Crippen LogP contribution is -1.85. The van der Waals surface area contributed by atoms with E-state index in [2.05, 4.69) is 26.0 Å². The van der Waals surface area contributed by atoms with Gasteiger partial charge >= 0.3 is 0 Å². The van der Waals surface area contributed by atoms with E-state index in [-0.39, 0.29) is 13.2 Å². The first kappa shape index (κ1) is 15.7. The molecule has 2 N–H and O–H groups in total. The molecule has 2 nitrogen and oxygen atoms in total. The van der Waals surface area contributed by atoms with Gasteiger partial charge in [0, 0.05) is 0 Å². The Bertz CT molecular complexity index is 30.8. The minimum absolute atomic E-state index is 0.125. The molecule has 0 rings (SSSR count). The van der Waals surface area contributed by atoms with Gasteiger partial charge in [-0.2, -0.15) is 0 Å². The smallest absolute Gasteiger partial charge is 0.0662 e. The highest BCUT2D eigenvalue weighted by molar-refractivity contribution is 4.47. The van der Waals surface area contributed by atoms with Gasteiger partial charge in [0.05, 0.1) is 13.2 Å². The Hall–Kier alpha value is -0.780. The molecule has 48 valence electrons. The zero-order chi connectivity index (χ0) is 7.41. The lowest BCUT2D eigenvalue weighted by atomic mass is 10.8. The van der Waals surface area contributed by atoms with E-state index in [0.29, 0.717) is 0 Å². The fourth-order valence-electron chi connectivity index (χ4n) is 0. The average Bonchev–Trinajstić information content (AvgIpc) is 1.96. The van der Waals surface area contributed by atoms with Gasteiger partial charge < -0.3 is 10.2 Å². The number of hydrogen-bond donors (Lipinski definition) is 2. The van der Waals surface area contributed by atoms with Crippen LogP contribution in [0.4, 0.5) is 0 Å². The maximum absolute atomic E-state index is 7.62. The predicted octanol–water partition coefficient (Wildman–Crippen LogP) is 0.0226. The summed E-state index contributed by atoms with van der Waals surface area (Å²) in [5, 5.41) is 15.2. The van der Waals surface area contributed by atoms with Crippen LogP contribution in [0, 0.1) is 12.8 Å². The van der Waals surface area contributed by atoms with E-state index in [1.165, 1.54) is 0 Å². The molecule has 0 aliphatic heterocycles. The van der Waals surface area contributed by atoms with Gasteiger partial charge in [0.1, 0.15) is 0 Å². The maximum atomic E-state index is 7.62. The lowest BCUT2D eigenvalue weighted by molar-refractivity contribution is 0.186. The molecule has 8 heavy (non-hydrogen) atoms. The number of aliphatic hydroxyl groups is 2. The van der Waals surface area contributed by atoms with Crippen LogP contribution < -0.4 is 0 Å². The molecule has 0 aliphatic carbocycles. The Kier molecular flexibility index (Phi) is 223. The Labute approximate surface area is 50.5 Å². The third kappa shape index (κ3) is 1920. The van der Waals surface area contributed by atoms with Gasteiger partial charge in [0.2, 0.25) is 0 Å². The first-order valence-corrected chi connectivity index (χ1v) is 1.97. The molecule has 0 radical (unpaired) electrons. The highest BCUT2D eigenvalue weighted by Gasteiger charge is 1.58. The van der Waals surface area contributed by atoms with E-state index in [1.807, 2.05) is 0 Å². The lowest BCUT2D eigenvalue weighted by Gasteiger charge is -1.70. The zero-order valence-electron chi connectivity index (χ0n) is 4.88. The molecule has 0 saturated carbocycles. The van der Waals surface area contributed by atoms with E-state index >= 15 is 0 Å². The van der Waals surface area contributed by atoms with Crippen molar-refractivity contribution in [3.05, 3.63) is 13.2 Å². The quantitative estimate of drug-likeness (QED) is 0.374. The molecule has 0 heterocycles. The van der Waals surface area contributed by atoms with E-state index in [1.54, 1.807) is 0 Å². The third-order valence-corrected chi connectivity index (χ3v) is 0.1000. The first-order valence-electron chi connectivity index (χ1n) is 1.97. The van der Waals surface area contributed by atoms with Crippen molar-refractivity contribution in [1.29, 1.82) is 0 Å². The fourth-order valence-corrected chi connectivity index (χ4v) is 0. The number of aliphatic hydroxyl groups excluding tert-OH is 2. The summed E-state index contributed by atoms with van der Waals surface area (Å²) >= 11 is 0. The van der Waals surface area contributed by atoms with Gasteiger partial charge in [-0.1, -0.05) is 0 Å². The van der Waals surface area contributed by atoms with Crippen molar-refractivity contribution in [3.63, 3.8) is 0 Å². The van der Waals surface area contributed by atoms with Gasteiger partial charge in [0.15, 0.2) is 0 Å². The van der Waals surface area contributed by atoms with Crippen LogP contribution in [0.5, 0.6) is 0 Å². The van der Waals surface area contributed by atoms with E-state index < -0.39 is 0 Å². The fraction of sp³-hybridized carbons (Fsp3) is 0.333. The standard InChI is InChI=1S/C2H6O2.C2H4.C2H2/c3-1-2-4;2*1-2/h3-4H,1-2H2;1-2H2;1-2H. The molecule has 0 saturated heterocycles. The summed E-state index contributed by atoms with van der Waals surface area (Å²) < 4.78 is 0. The van der Waals surface area contributed by atoms with E-state index in [0.717, 1.165) is 0 Å². The van der Waals surface area contributed by atoms with E-state index in [9.17, 15) is 0 Å². The number of hydrogen-bond acceptors (Lipinski definition) is 2. The molecule has 0 amide bonds. The minimum Gasteiger partial charge on any atom is -0.394 e. The zero-order valence-corrected chi connectivity index (χ0v) is 4.88. The monoisotopic (exact) mass is 116 g/mol. The third-order valence-electron chi connectivity index (χ3n) is 0.1000. The molecule has 2 heteroatoms. The Morgan fingerprint density at radius 3 is 1.12 bits per heavy atom. The molecule has 0 fully saturated rings. The molecule has 0 bridgehead atoms. The van der Waals surface area contributed by atoms with Gasteiger partial charge in [0.25, 0.3) is 0 Å². The van der Waals surface area contributed by atoms with Crippen molar-refractivity contribution >= 4 is 0 Å². The van der Waals surface area contributed by atoms with Gasteiger partial charge in [-0.25, -0.2) is 0 Å². The van der Waals surface area contributed by atoms with Crippen LogP contribution in [-0.2, 0) is 0 Å². The SMILES string of the molecule is C#C.C=C.OCCO. The summed E-state index contributed by atoms with van der Waals surface area (Å²) in [6, 6.07) is 0. The van der Waals surface area contributed by atoms with Gasteiger partial charge in [-0.3, -0.25) is 0 Å². The molecule has 0 aromatic carbocycles. The normalized spacial score (nSPS) is 4.50. The van der Waals surface area contributed by atoms with Crippen molar-refractivity contribution < 1.29 is 10.2 Å². The largest absolute Gasteiger partial charge is 0.394 e. The summed E-state index contributed by atoms with van der Waals surface area (Å²) in [6.45, 7) is 5.75. The summed E-state index contributed by atoms with van der Waals surface area (Å²) in [7, 11) is 0. The van der Waals surface area contributed by atoms with Crippen molar-refractivity contribution in [2.75, 3.05) is 13.2 Å². The van der Waals surface area contributed by atoms with E-state index in [4.69, 9.17) is 10.2 Å². The summed E-state index contributed by atoms with van der Waals surface area (Å²) in [6.07, 6.45) is 8.00. The molecule has 0 aromatic heterocycles. The van der Waals surface area contributed by atoms with Crippen molar-refractivity contribution in [3.8, 4) is 12.8 Å². The van der Waals surface area contributed by atoms with Crippen LogP contribution in [-0.4, -0.2) is 23.4 Å². The highest BCUT2D eigenvalue weighted by atomic mass is 16.3. The van der Waals surface area contributed by atoms with Gasteiger partial charge in [-0.05, 0) is 0 Å². The summed E-state index contributed by atoms with van der Waals surface area (Å²) in [5.41, 5.74) is 0. The van der Waals surface area contributed by atoms with Crippen LogP contribution in [0.1, 0.15) is 0 Å². The number of rotatable bonds is 1. The van der Waals surface area contributed by atoms with Gasteiger partial charge in [-0.15, -0.1) is 26.0 Å². The van der Waals surface area contributed by atoms with Crippen molar-refractivity contribution in [1.82, 2.24) is 0 Å². The molecule has 0 spiro atoms. The Balaban J connectivity index is -0.0000000542. The summed E-state index contributed by atoms with van der Waals surface area (Å²) in [4.78, 5) is 0. The molecule has 0 atom stereocenters. The van der Waals surface area contributed by atoms with Crippen LogP contribution in [0.2, 0.25) is 0 Å². The van der Waals surface area contributed by atoms with Crippen LogP contribution in [0.15, 0.2) is 13.2 Å². The number of terminal acetylenes is 1. The van der Waals surface area contributed by atoms with Crippen molar-refractivity contribution in [2.45, 2.75) is 0 Å². The van der Waals surface area contributed by atoms with Crippen LogP contribution >= 0.6 is 0 Å². The second-order valence-electron chi connectivity index (χ2n) is 0.447. The molecular formula is C6H12O2. The molecule has 0 aromatic rings. The second kappa shape index (κ2) is 114. The first-order chi connectivity index (χ1) is 3.91. The molecule has 0 aliphatic rings. The Morgan fingerprint density at radius 2 is 1.12 bits per heavy atom. The predicted molar refractivity (Wildman–Crippen MR) is 35.3 cm³/mol. The van der Waals surface area contributed by atoms with Crippen LogP contribution in [0.25, 0.3) is 0 Å². The topological polar surface area (TPSA) is 40.5 Å². The maximum Gasteiger partial charge on any atom is 0.0662 e. The summed E-state index contributed by atoms with van der Waals surface area (Å²) in [5.74, 6) is 0.